The molecule has 160 valence electrons. The van der Waals surface area contributed by atoms with E-state index in [1.165, 1.54) is 17.8 Å². The van der Waals surface area contributed by atoms with Gasteiger partial charge in [0.15, 0.2) is 11.0 Å². The van der Waals surface area contributed by atoms with Crippen molar-refractivity contribution in [3.05, 3.63) is 101 Å². The lowest BCUT2D eigenvalue weighted by Gasteiger charge is -2.10. The Hall–Kier alpha value is -3.98. The molecule has 1 heterocycles. The Morgan fingerprint density at radius 2 is 1.59 bits per heavy atom. The molecule has 8 nitrogen and oxygen atoms in total. The third-order valence-electron chi connectivity index (χ3n) is 4.58. The van der Waals surface area contributed by atoms with E-state index in [4.69, 9.17) is 4.74 Å². The van der Waals surface area contributed by atoms with E-state index in [-0.39, 0.29) is 18.0 Å². The van der Waals surface area contributed by atoms with Gasteiger partial charge in [-0.25, -0.2) is 0 Å². The fourth-order valence-electron chi connectivity index (χ4n) is 3.08. The second-order valence-corrected chi connectivity index (χ2v) is 7.62. The highest BCUT2D eigenvalue weighted by molar-refractivity contribution is 7.99. The molecule has 0 bridgehead atoms. The van der Waals surface area contributed by atoms with E-state index in [1.807, 2.05) is 65.2 Å². The van der Waals surface area contributed by atoms with Crippen molar-refractivity contribution in [2.24, 2.45) is 0 Å². The first-order chi connectivity index (χ1) is 15.6. The summed E-state index contributed by atoms with van der Waals surface area (Å²) in [6.45, 7) is -0.169. The van der Waals surface area contributed by atoms with Gasteiger partial charge in [0.05, 0.1) is 16.2 Å². The molecule has 0 radical (unpaired) electrons. The summed E-state index contributed by atoms with van der Waals surface area (Å²) in [6, 6.07) is 25.5. The van der Waals surface area contributed by atoms with Crippen molar-refractivity contribution in [3.8, 4) is 17.1 Å². The molecule has 0 spiro atoms. The van der Waals surface area contributed by atoms with Gasteiger partial charge in [-0.15, -0.1) is 10.2 Å². The number of carbonyl (C=O) groups is 1. The number of para-hydroxylation sites is 2. The predicted molar refractivity (Wildman–Crippen MR) is 120 cm³/mol. The summed E-state index contributed by atoms with van der Waals surface area (Å²) in [5.41, 5.74) is 2.03. The van der Waals surface area contributed by atoms with Crippen LogP contribution in [-0.4, -0.2) is 31.4 Å². The largest absolute Gasteiger partial charge is 0.460 e. The smallest absolute Gasteiger partial charge is 0.316 e. The summed E-state index contributed by atoms with van der Waals surface area (Å²) in [4.78, 5) is 22.9. The molecule has 3 aromatic carbocycles. The first-order valence-electron chi connectivity index (χ1n) is 9.70. The molecule has 0 saturated carbocycles. The number of rotatable bonds is 8. The number of hydrogen-bond acceptors (Lipinski definition) is 7. The minimum atomic E-state index is -0.503. The normalized spacial score (nSPS) is 10.6. The lowest BCUT2D eigenvalue weighted by atomic mass is 10.2. The first-order valence-corrected chi connectivity index (χ1v) is 10.7. The number of nitrogens with zero attached hydrogens (tertiary/aromatic N) is 4. The van der Waals surface area contributed by atoms with Crippen LogP contribution < -0.4 is 0 Å². The van der Waals surface area contributed by atoms with Crippen LogP contribution >= 0.6 is 11.8 Å². The lowest BCUT2D eigenvalue weighted by Crippen LogP contribution is -2.09. The van der Waals surface area contributed by atoms with Gasteiger partial charge >= 0.3 is 5.97 Å². The highest BCUT2D eigenvalue weighted by atomic mass is 32.2. The number of thioether (sulfide) groups is 1. The monoisotopic (exact) mass is 446 g/mol. The lowest BCUT2D eigenvalue weighted by molar-refractivity contribution is -0.385. The number of carbonyl (C=O) groups excluding carboxylic acids is 1. The summed E-state index contributed by atoms with van der Waals surface area (Å²) in [5, 5.41) is 20.3. The van der Waals surface area contributed by atoms with Gasteiger partial charge in [0.1, 0.15) is 6.61 Å². The fourth-order valence-corrected chi connectivity index (χ4v) is 3.83. The second-order valence-electron chi connectivity index (χ2n) is 6.68. The third kappa shape index (κ3) is 4.84. The summed E-state index contributed by atoms with van der Waals surface area (Å²) >= 11 is 1.19. The molecule has 0 aliphatic rings. The summed E-state index contributed by atoms with van der Waals surface area (Å²) in [5.74, 6) is 0.144. The van der Waals surface area contributed by atoms with Crippen LogP contribution in [0.1, 0.15) is 5.56 Å². The van der Waals surface area contributed by atoms with Gasteiger partial charge in [0.25, 0.3) is 5.69 Å². The van der Waals surface area contributed by atoms with Crippen molar-refractivity contribution in [2.45, 2.75) is 11.8 Å². The maximum Gasteiger partial charge on any atom is 0.316 e. The Morgan fingerprint density at radius 3 is 2.31 bits per heavy atom. The quantitative estimate of drug-likeness (QED) is 0.168. The zero-order valence-electron chi connectivity index (χ0n) is 16.8. The van der Waals surface area contributed by atoms with Gasteiger partial charge in [-0.3, -0.25) is 19.5 Å². The van der Waals surface area contributed by atoms with Crippen LogP contribution in [-0.2, 0) is 16.1 Å². The number of hydrogen-bond donors (Lipinski definition) is 0. The molecule has 0 atom stereocenters. The number of benzene rings is 3. The Labute approximate surface area is 188 Å². The molecule has 0 aliphatic heterocycles. The Bertz CT molecular complexity index is 1230. The average molecular weight is 446 g/mol. The van der Waals surface area contributed by atoms with E-state index >= 15 is 0 Å². The number of esters is 1. The molecule has 1 aromatic heterocycles. The van der Waals surface area contributed by atoms with Crippen LogP contribution in [0.4, 0.5) is 5.69 Å². The maximum atomic E-state index is 12.3. The van der Waals surface area contributed by atoms with E-state index in [0.717, 1.165) is 11.3 Å². The van der Waals surface area contributed by atoms with Crippen LogP contribution in [0.5, 0.6) is 0 Å². The first kappa shape index (κ1) is 21.3. The molecule has 0 saturated heterocycles. The second kappa shape index (κ2) is 9.88. The van der Waals surface area contributed by atoms with Gasteiger partial charge in [-0.1, -0.05) is 72.4 Å². The summed E-state index contributed by atoms with van der Waals surface area (Å²) in [7, 11) is 0. The van der Waals surface area contributed by atoms with E-state index in [9.17, 15) is 14.9 Å². The van der Waals surface area contributed by atoms with E-state index in [0.29, 0.717) is 16.5 Å². The van der Waals surface area contributed by atoms with Crippen LogP contribution in [0.3, 0.4) is 0 Å². The molecular formula is C23H18N4O4S. The predicted octanol–water partition coefficient (Wildman–Crippen LogP) is 4.68. The summed E-state index contributed by atoms with van der Waals surface area (Å²) in [6.07, 6.45) is 0. The average Bonchev–Trinajstić information content (AvgIpc) is 3.26. The minimum absolute atomic E-state index is 0.0135. The van der Waals surface area contributed by atoms with Crippen molar-refractivity contribution < 1.29 is 14.5 Å². The maximum absolute atomic E-state index is 12.3. The molecule has 0 N–H and O–H groups in total. The van der Waals surface area contributed by atoms with Crippen molar-refractivity contribution >= 4 is 23.4 Å². The zero-order valence-corrected chi connectivity index (χ0v) is 17.6. The van der Waals surface area contributed by atoms with Crippen molar-refractivity contribution in [3.63, 3.8) is 0 Å². The zero-order chi connectivity index (χ0) is 22.3. The summed E-state index contributed by atoms with van der Waals surface area (Å²) < 4.78 is 7.14. The van der Waals surface area contributed by atoms with Crippen LogP contribution in [0, 0.1) is 10.1 Å². The van der Waals surface area contributed by atoms with E-state index < -0.39 is 10.9 Å². The molecule has 0 unspecified atom stereocenters. The van der Waals surface area contributed by atoms with Crippen molar-refractivity contribution in [2.75, 3.05) is 5.75 Å². The molecule has 4 rings (SSSR count). The molecular weight excluding hydrogens is 428 g/mol. The molecule has 0 amide bonds. The minimum Gasteiger partial charge on any atom is -0.460 e. The standard InChI is InChI=1S/C23H18N4O4S/c28-21(31-15-18-11-7-8-14-20(18)27(29)30)16-32-23-25-24-22(17-9-3-1-4-10-17)26(23)19-12-5-2-6-13-19/h1-14H,15-16H2. The molecule has 0 fully saturated rings. The Balaban J connectivity index is 1.50. The SMILES string of the molecule is O=C(CSc1nnc(-c2ccccc2)n1-c1ccccc1)OCc1ccccc1[N+](=O)[O-]. The van der Waals surface area contributed by atoms with Crippen LogP contribution in [0.15, 0.2) is 90.1 Å². The molecule has 32 heavy (non-hydrogen) atoms. The number of ether oxygens (including phenoxy) is 1. The van der Waals surface area contributed by atoms with E-state index in [1.54, 1.807) is 18.2 Å². The van der Waals surface area contributed by atoms with Gasteiger partial charge in [0, 0.05) is 17.3 Å². The van der Waals surface area contributed by atoms with Gasteiger partial charge in [-0.2, -0.15) is 0 Å². The number of aromatic nitrogens is 3. The van der Waals surface area contributed by atoms with Gasteiger partial charge < -0.3 is 4.74 Å². The van der Waals surface area contributed by atoms with Gasteiger partial charge in [-0.05, 0) is 18.2 Å². The highest BCUT2D eigenvalue weighted by Gasteiger charge is 2.18. The number of nitro benzene ring substituents is 1. The fraction of sp³-hybridized carbons (Fsp3) is 0.0870. The highest BCUT2D eigenvalue weighted by Crippen LogP contribution is 2.28. The van der Waals surface area contributed by atoms with E-state index in [2.05, 4.69) is 10.2 Å². The van der Waals surface area contributed by atoms with Crippen molar-refractivity contribution in [1.29, 1.82) is 0 Å². The topological polar surface area (TPSA) is 100 Å². The molecule has 9 heteroatoms. The molecule has 4 aromatic rings. The Morgan fingerprint density at radius 1 is 0.938 bits per heavy atom. The van der Waals surface area contributed by atoms with Crippen LogP contribution in [0.25, 0.3) is 17.1 Å². The molecule has 0 aliphatic carbocycles. The van der Waals surface area contributed by atoms with Crippen molar-refractivity contribution in [1.82, 2.24) is 14.8 Å². The third-order valence-corrected chi connectivity index (χ3v) is 5.48. The van der Waals surface area contributed by atoms with Gasteiger partial charge in [0.2, 0.25) is 0 Å². The Kier molecular flexibility index (Phi) is 6.57. The number of nitro groups is 1. The van der Waals surface area contributed by atoms with Crippen LogP contribution in [0.2, 0.25) is 0 Å².